The predicted molar refractivity (Wildman–Crippen MR) is 83.8 cm³/mol. The number of carbonyl (C=O) groups is 1. The van der Waals surface area contributed by atoms with Gasteiger partial charge in [0.1, 0.15) is 5.75 Å². The Balaban J connectivity index is 0.00000112. The molecule has 1 atom stereocenters. The van der Waals surface area contributed by atoms with E-state index in [0.29, 0.717) is 25.2 Å². The van der Waals surface area contributed by atoms with E-state index in [-0.39, 0.29) is 5.75 Å². The van der Waals surface area contributed by atoms with Crippen LogP contribution >= 0.6 is 0 Å². The van der Waals surface area contributed by atoms with Crippen LogP contribution in [0, 0.1) is 5.92 Å². The minimum Gasteiger partial charge on any atom is -0.481 e. The normalized spacial score (nSPS) is 16.7. The summed E-state index contributed by atoms with van der Waals surface area (Å²) in [6.07, 6.45) is -4.17. The molecule has 0 aliphatic carbocycles. The van der Waals surface area contributed by atoms with Crippen molar-refractivity contribution >= 4 is 11.7 Å². The highest BCUT2D eigenvalue weighted by atomic mass is 19.4. The van der Waals surface area contributed by atoms with E-state index in [1.807, 2.05) is 32.6 Å². The van der Waals surface area contributed by atoms with Gasteiger partial charge >= 0.3 is 12.3 Å². The average Bonchev–Trinajstić information content (AvgIpc) is 3.01. The van der Waals surface area contributed by atoms with Gasteiger partial charge in [0.15, 0.2) is 0 Å². The molecule has 23 heavy (non-hydrogen) atoms. The monoisotopic (exact) mass is 335 g/mol. The molecule has 0 radical (unpaired) electrons. The molecule has 0 aromatic heterocycles. The molecule has 1 aliphatic heterocycles. The van der Waals surface area contributed by atoms with Gasteiger partial charge in [-0.3, -0.25) is 4.79 Å². The van der Waals surface area contributed by atoms with Crippen molar-refractivity contribution in [2.24, 2.45) is 5.92 Å². The molecule has 0 spiro atoms. The third kappa shape index (κ3) is 7.25. The zero-order chi connectivity index (χ0) is 18.0. The number of anilines is 1. The molecule has 1 saturated heterocycles. The van der Waals surface area contributed by atoms with Crippen LogP contribution in [0.15, 0.2) is 24.3 Å². The lowest BCUT2D eigenvalue weighted by Gasteiger charge is -2.18. The van der Waals surface area contributed by atoms with Crippen molar-refractivity contribution < 1.29 is 27.8 Å². The van der Waals surface area contributed by atoms with Crippen LogP contribution in [-0.4, -0.2) is 30.5 Å². The van der Waals surface area contributed by atoms with E-state index in [1.165, 1.54) is 24.3 Å². The van der Waals surface area contributed by atoms with E-state index in [4.69, 9.17) is 5.11 Å². The molecule has 1 aromatic carbocycles. The fourth-order valence-corrected chi connectivity index (χ4v) is 2.05. The van der Waals surface area contributed by atoms with Crippen LogP contribution in [0.5, 0.6) is 5.75 Å². The largest absolute Gasteiger partial charge is 0.573 e. The van der Waals surface area contributed by atoms with Gasteiger partial charge in [0, 0.05) is 18.8 Å². The maximum Gasteiger partial charge on any atom is 0.573 e. The number of benzene rings is 1. The average molecular weight is 335 g/mol. The highest BCUT2D eigenvalue weighted by Gasteiger charge is 2.31. The summed E-state index contributed by atoms with van der Waals surface area (Å²) in [5.74, 6) is -1.56. The van der Waals surface area contributed by atoms with Crippen LogP contribution in [0.25, 0.3) is 0 Å². The second-order valence-corrected chi connectivity index (χ2v) is 4.31. The standard InChI is InChI=1S/C12H12F3NO3.2C2H6/c13-12(14,15)19-10-3-1-9(2-4-10)16-6-5-8(7-16)11(17)18;2*1-2/h1-4,8H,5-7H2,(H,17,18);2*1-2H3. The molecule has 0 amide bonds. The van der Waals surface area contributed by atoms with Crippen molar-refractivity contribution in [3.05, 3.63) is 24.3 Å². The Labute approximate surface area is 134 Å². The number of hydrogen-bond acceptors (Lipinski definition) is 3. The molecule has 1 aliphatic rings. The number of ether oxygens (including phenoxy) is 1. The summed E-state index contributed by atoms with van der Waals surface area (Å²) in [5, 5.41) is 8.88. The van der Waals surface area contributed by atoms with E-state index in [1.54, 1.807) is 0 Å². The van der Waals surface area contributed by atoms with E-state index in [0.717, 1.165) is 0 Å². The number of hydrogen-bond donors (Lipinski definition) is 1. The number of carboxylic acid groups (broad SMARTS) is 1. The number of carboxylic acids is 1. The molecule has 4 nitrogen and oxygen atoms in total. The highest BCUT2D eigenvalue weighted by molar-refractivity contribution is 5.72. The molecule has 1 N–H and O–H groups in total. The Kier molecular flexibility index (Phi) is 9.14. The summed E-state index contributed by atoms with van der Waals surface area (Å²) >= 11 is 0. The number of halogens is 3. The first-order valence-electron chi connectivity index (χ1n) is 7.69. The Morgan fingerprint density at radius 2 is 1.70 bits per heavy atom. The van der Waals surface area contributed by atoms with Crippen LogP contribution in [0.3, 0.4) is 0 Å². The molecule has 2 rings (SSSR count). The first-order chi connectivity index (χ1) is 10.8. The van der Waals surface area contributed by atoms with Crippen LogP contribution in [0.2, 0.25) is 0 Å². The second-order valence-electron chi connectivity index (χ2n) is 4.31. The molecule has 1 fully saturated rings. The predicted octanol–water partition coefficient (Wildman–Crippen LogP) is 4.55. The number of aliphatic carboxylic acids is 1. The van der Waals surface area contributed by atoms with Gasteiger partial charge in [-0.1, -0.05) is 27.7 Å². The minimum absolute atomic E-state index is 0.287. The number of nitrogens with zero attached hydrogens (tertiary/aromatic N) is 1. The molecule has 7 heteroatoms. The Morgan fingerprint density at radius 3 is 2.09 bits per heavy atom. The Morgan fingerprint density at radius 1 is 1.17 bits per heavy atom. The van der Waals surface area contributed by atoms with Crippen LogP contribution in [-0.2, 0) is 4.79 Å². The van der Waals surface area contributed by atoms with Crippen molar-refractivity contribution in [1.82, 2.24) is 0 Å². The molecule has 0 saturated carbocycles. The molecule has 1 aromatic rings. The summed E-state index contributed by atoms with van der Waals surface area (Å²) < 4.78 is 39.7. The van der Waals surface area contributed by atoms with E-state index < -0.39 is 18.2 Å². The van der Waals surface area contributed by atoms with E-state index >= 15 is 0 Å². The van der Waals surface area contributed by atoms with Crippen LogP contribution in [0.1, 0.15) is 34.1 Å². The maximum absolute atomic E-state index is 12.0. The Bertz CT molecular complexity index is 461. The molecular weight excluding hydrogens is 311 g/mol. The third-order valence-electron chi connectivity index (χ3n) is 2.97. The van der Waals surface area contributed by atoms with Crippen LogP contribution < -0.4 is 9.64 Å². The first kappa shape index (κ1) is 21.1. The smallest absolute Gasteiger partial charge is 0.481 e. The lowest BCUT2D eigenvalue weighted by atomic mass is 10.1. The lowest BCUT2D eigenvalue weighted by molar-refractivity contribution is -0.274. The van der Waals surface area contributed by atoms with Crippen molar-refractivity contribution in [3.8, 4) is 5.75 Å². The Hall–Kier alpha value is -1.92. The minimum atomic E-state index is -4.70. The second kappa shape index (κ2) is 9.97. The van der Waals surface area contributed by atoms with Gasteiger partial charge in [0.25, 0.3) is 0 Å². The van der Waals surface area contributed by atoms with Gasteiger partial charge in [0.05, 0.1) is 5.92 Å². The molecule has 1 unspecified atom stereocenters. The lowest BCUT2D eigenvalue weighted by Crippen LogP contribution is -2.22. The fourth-order valence-electron chi connectivity index (χ4n) is 2.05. The first-order valence-corrected chi connectivity index (χ1v) is 7.69. The zero-order valence-corrected chi connectivity index (χ0v) is 13.9. The molecule has 1 heterocycles. The van der Waals surface area contributed by atoms with E-state index in [9.17, 15) is 18.0 Å². The number of alkyl halides is 3. The third-order valence-corrected chi connectivity index (χ3v) is 2.97. The van der Waals surface area contributed by atoms with E-state index in [2.05, 4.69) is 4.74 Å². The van der Waals surface area contributed by atoms with Gasteiger partial charge in [-0.25, -0.2) is 0 Å². The maximum atomic E-state index is 12.0. The van der Waals surface area contributed by atoms with Crippen LogP contribution in [0.4, 0.5) is 18.9 Å². The van der Waals surface area contributed by atoms with Crippen molar-refractivity contribution in [1.29, 1.82) is 0 Å². The van der Waals surface area contributed by atoms with Crippen molar-refractivity contribution in [2.75, 3.05) is 18.0 Å². The summed E-state index contributed by atoms with van der Waals surface area (Å²) in [6.45, 7) is 8.95. The molecular formula is C16H24F3NO3. The summed E-state index contributed by atoms with van der Waals surface area (Å²) in [7, 11) is 0. The quantitative estimate of drug-likeness (QED) is 0.880. The summed E-state index contributed by atoms with van der Waals surface area (Å²) in [6, 6.07) is 5.42. The van der Waals surface area contributed by atoms with Gasteiger partial charge in [-0.15, -0.1) is 13.2 Å². The summed E-state index contributed by atoms with van der Waals surface area (Å²) in [4.78, 5) is 12.6. The number of rotatable bonds is 3. The van der Waals surface area contributed by atoms with Gasteiger partial charge in [0.2, 0.25) is 0 Å². The zero-order valence-electron chi connectivity index (χ0n) is 13.9. The van der Waals surface area contributed by atoms with Crippen molar-refractivity contribution in [2.45, 2.75) is 40.5 Å². The topological polar surface area (TPSA) is 49.8 Å². The van der Waals surface area contributed by atoms with Gasteiger partial charge in [-0.2, -0.15) is 0 Å². The molecule has 132 valence electrons. The van der Waals surface area contributed by atoms with Crippen molar-refractivity contribution in [3.63, 3.8) is 0 Å². The van der Waals surface area contributed by atoms with Gasteiger partial charge in [-0.05, 0) is 30.7 Å². The summed E-state index contributed by atoms with van der Waals surface area (Å²) in [5.41, 5.74) is 0.693. The highest BCUT2D eigenvalue weighted by Crippen LogP contribution is 2.28. The van der Waals surface area contributed by atoms with Gasteiger partial charge < -0.3 is 14.7 Å². The molecule has 0 bridgehead atoms. The SMILES string of the molecule is CC.CC.O=C(O)C1CCN(c2ccc(OC(F)(F)F)cc2)C1. The fraction of sp³-hybridized carbons (Fsp3) is 0.562.